The average Bonchev–Trinajstić information content (AvgIpc) is 3.12. The summed E-state index contributed by atoms with van der Waals surface area (Å²) < 4.78 is 0. The highest BCUT2D eigenvalue weighted by molar-refractivity contribution is 6.30. The second-order valence-corrected chi connectivity index (χ2v) is 7.33. The minimum Gasteiger partial charge on any atom is -0.353 e. The van der Waals surface area contributed by atoms with Gasteiger partial charge in [0.1, 0.15) is 0 Å². The number of amides is 2. The summed E-state index contributed by atoms with van der Waals surface area (Å²) in [5.41, 5.74) is 1.13. The van der Waals surface area contributed by atoms with Crippen molar-refractivity contribution in [1.29, 1.82) is 0 Å². The maximum absolute atomic E-state index is 12.3. The molecular weight excluding hydrogens is 338 g/mol. The van der Waals surface area contributed by atoms with Gasteiger partial charge in [-0.3, -0.25) is 14.5 Å². The van der Waals surface area contributed by atoms with Crippen LogP contribution in [0.25, 0.3) is 0 Å². The Balaban J connectivity index is 1.60. The van der Waals surface area contributed by atoms with E-state index >= 15 is 0 Å². The van der Waals surface area contributed by atoms with E-state index in [0.717, 1.165) is 31.5 Å². The Hall–Kier alpha value is -1.59. The van der Waals surface area contributed by atoms with Crippen LogP contribution in [-0.2, 0) is 9.59 Å². The predicted molar refractivity (Wildman–Crippen MR) is 98.4 cm³/mol. The Morgan fingerprint density at radius 3 is 2.64 bits per heavy atom. The first-order valence-corrected chi connectivity index (χ1v) is 9.55. The van der Waals surface area contributed by atoms with E-state index in [9.17, 15) is 9.59 Å². The molecule has 0 bridgehead atoms. The molecule has 0 aliphatic carbocycles. The molecule has 2 aliphatic heterocycles. The van der Waals surface area contributed by atoms with E-state index in [1.54, 1.807) is 4.90 Å². The molecule has 0 radical (unpaired) electrons. The highest BCUT2D eigenvalue weighted by atomic mass is 35.5. The summed E-state index contributed by atoms with van der Waals surface area (Å²) in [6.45, 7) is 3.48. The van der Waals surface area contributed by atoms with Gasteiger partial charge in [-0.2, -0.15) is 0 Å². The second-order valence-electron chi connectivity index (χ2n) is 6.89. The predicted octanol–water partition coefficient (Wildman–Crippen LogP) is 2.61. The number of rotatable bonds is 6. The summed E-state index contributed by atoms with van der Waals surface area (Å²) in [6.07, 6.45) is 4.85. The van der Waals surface area contributed by atoms with Gasteiger partial charge in [0.2, 0.25) is 11.8 Å². The summed E-state index contributed by atoms with van der Waals surface area (Å²) in [4.78, 5) is 28.3. The molecule has 0 aromatic heterocycles. The van der Waals surface area contributed by atoms with Crippen molar-refractivity contribution in [3.05, 3.63) is 34.9 Å². The molecule has 2 aliphatic rings. The first kappa shape index (κ1) is 18.2. The Kier molecular flexibility index (Phi) is 6.32. The smallest absolute Gasteiger partial charge is 0.239 e. The van der Waals surface area contributed by atoms with Gasteiger partial charge in [0, 0.05) is 24.5 Å². The van der Waals surface area contributed by atoms with Gasteiger partial charge in [0.05, 0.1) is 12.6 Å². The van der Waals surface area contributed by atoms with Crippen LogP contribution < -0.4 is 5.32 Å². The Morgan fingerprint density at radius 1 is 1.16 bits per heavy atom. The summed E-state index contributed by atoms with van der Waals surface area (Å²) in [7, 11) is 0. The minimum atomic E-state index is -0.0820. The number of carbonyl (C=O) groups is 2. The normalized spacial score (nSPS) is 19.9. The number of halogens is 1. The number of hydrogen-bond donors (Lipinski definition) is 1. The lowest BCUT2D eigenvalue weighted by atomic mass is 10.1. The first-order chi connectivity index (χ1) is 12.1. The standard InChI is InChI=1S/C19H26ClN3O2/c20-16-7-5-6-15(12-16)17(22-9-3-4-10-22)13-21-18(24)14-23-11-2-1-8-19(23)25/h5-7,12,17H,1-4,8-11,13-14H2,(H,21,24). The monoisotopic (exact) mass is 363 g/mol. The van der Waals surface area contributed by atoms with E-state index in [1.165, 1.54) is 12.8 Å². The Morgan fingerprint density at radius 2 is 1.92 bits per heavy atom. The molecule has 2 saturated heterocycles. The van der Waals surface area contributed by atoms with E-state index in [0.29, 0.717) is 24.5 Å². The molecule has 1 N–H and O–H groups in total. The quantitative estimate of drug-likeness (QED) is 0.845. The number of nitrogens with one attached hydrogen (secondary N) is 1. The number of nitrogens with zero attached hydrogens (tertiary/aromatic N) is 2. The maximum atomic E-state index is 12.3. The van der Waals surface area contributed by atoms with E-state index in [4.69, 9.17) is 11.6 Å². The van der Waals surface area contributed by atoms with Gasteiger partial charge in [0.15, 0.2) is 0 Å². The average molecular weight is 364 g/mol. The molecule has 2 amide bonds. The first-order valence-electron chi connectivity index (χ1n) is 9.17. The summed E-state index contributed by atoms with van der Waals surface area (Å²) in [5, 5.41) is 3.74. The third-order valence-electron chi connectivity index (χ3n) is 5.06. The molecule has 3 rings (SSSR count). The summed E-state index contributed by atoms with van der Waals surface area (Å²) >= 11 is 6.15. The van der Waals surface area contributed by atoms with Crippen molar-refractivity contribution in [2.24, 2.45) is 0 Å². The number of hydrogen-bond acceptors (Lipinski definition) is 3. The number of piperidine rings is 1. The van der Waals surface area contributed by atoms with E-state index < -0.39 is 0 Å². The van der Waals surface area contributed by atoms with E-state index in [2.05, 4.69) is 16.3 Å². The molecule has 1 aromatic rings. The van der Waals surface area contributed by atoms with Gasteiger partial charge < -0.3 is 10.2 Å². The molecule has 5 nitrogen and oxygen atoms in total. The molecule has 0 saturated carbocycles. The van der Waals surface area contributed by atoms with E-state index in [-0.39, 0.29) is 24.4 Å². The largest absolute Gasteiger partial charge is 0.353 e. The Labute approximate surface area is 154 Å². The van der Waals surface area contributed by atoms with Crippen LogP contribution in [0.1, 0.15) is 43.7 Å². The molecule has 1 unspecified atom stereocenters. The van der Waals surface area contributed by atoms with Crippen molar-refractivity contribution in [2.45, 2.75) is 38.1 Å². The zero-order chi connectivity index (χ0) is 17.6. The number of likely N-dealkylation sites (tertiary alicyclic amines) is 2. The SMILES string of the molecule is O=C(CN1CCCCC1=O)NCC(c1cccc(Cl)c1)N1CCCC1. The minimum absolute atomic E-state index is 0.0820. The topological polar surface area (TPSA) is 52.7 Å². The van der Waals surface area contributed by atoms with Crippen molar-refractivity contribution in [1.82, 2.24) is 15.1 Å². The molecule has 1 aromatic carbocycles. The van der Waals surface area contributed by atoms with Gasteiger partial charge in [-0.05, 0) is 56.5 Å². The fourth-order valence-electron chi connectivity index (χ4n) is 3.69. The third kappa shape index (κ3) is 4.95. The lowest BCUT2D eigenvalue weighted by Gasteiger charge is -2.29. The fourth-order valence-corrected chi connectivity index (χ4v) is 3.89. The van der Waals surface area contributed by atoms with Gasteiger partial charge in [-0.15, -0.1) is 0 Å². The lowest BCUT2D eigenvalue weighted by Crippen LogP contribution is -2.45. The van der Waals surface area contributed by atoms with Crippen LogP contribution in [0, 0.1) is 0 Å². The van der Waals surface area contributed by atoms with Gasteiger partial charge in [0.25, 0.3) is 0 Å². The van der Waals surface area contributed by atoms with Crippen LogP contribution >= 0.6 is 11.6 Å². The summed E-state index contributed by atoms with van der Waals surface area (Å²) in [5.74, 6) is 0.00816. The zero-order valence-electron chi connectivity index (χ0n) is 14.5. The molecule has 2 fully saturated rings. The maximum Gasteiger partial charge on any atom is 0.239 e. The van der Waals surface area contributed by atoms with E-state index in [1.807, 2.05) is 18.2 Å². The Bertz CT molecular complexity index is 616. The fraction of sp³-hybridized carbons (Fsp3) is 0.579. The van der Waals surface area contributed by atoms with Crippen molar-refractivity contribution in [3.63, 3.8) is 0 Å². The highest BCUT2D eigenvalue weighted by Crippen LogP contribution is 2.26. The lowest BCUT2D eigenvalue weighted by molar-refractivity contribution is -0.137. The molecule has 0 spiro atoms. The van der Waals surface area contributed by atoms with Gasteiger partial charge >= 0.3 is 0 Å². The van der Waals surface area contributed by atoms with Crippen LogP contribution in [0.4, 0.5) is 0 Å². The number of carbonyl (C=O) groups excluding carboxylic acids is 2. The molecule has 6 heteroatoms. The van der Waals surface area contributed by atoms with Crippen LogP contribution in [0.15, 0.2) is 24.3 Å². The van der Waals surface area contributed by atoms with Gasteiger partial charge in [-0.1, -0.05) is 23.7 Å². The molecule has 25 heavy (non-hydrogen) atoms. The molecular formula is C19H26ClN3O2. The third-order valence-corrected chi connectivity index (χ3v) is 5.30. The van der Waals surface area contributed by atoms with Crippen molar-refractivity contribution in [3.8, 4) is 0 Å². The van der Waals surface area contributed by atoms with Crippen molar-refractivity contribution >= 4 is 23.4 Å². The molecule has 1 atom stereocenters. The van der Waals surface area contributed by atoms with Crippen molar-refractivity contribution < 1.29 is 9.59 Å². The number of benzene rings is 1. The van der Waals surface area contributed by atoms with Gasteiger partial charge in [-0.25, -0.2) is 0 Å². The zero-order valence-corrected chi connectivity index (χ0v) is 15.3. The van der Waals surface area contributed by atoms with Crippen LogP contribution in [0.2, 0.25) is 5.02 Å². The van der Waals surface area contributed by atoms with Crippen LogP contribution in [-0.4, -0.2) is 54.3 Å². The second kappa shape index (κ2) is 8.68. The summed E-state index contributed by atoms with van der Waals surface area (Å²) in [6, 6.07) is 7.99. The highest BCUT2D eigenvalue weighted by Gasteiger charge is 2.25. The molecule has 2 heterocycles. The van der Waals surface area contributed by atoms with Crippen LogP contribution in [0.5, 0.6) is 0 Å². The molecule has 136 valence electrons. The van der Waals surface area contributed by atoms with Crippen LogP contribution in [0.3, 0.4) is 0 Å². The van der Waals surface area contributed by atoms with Crippen molar-refractivity contribution in [2.75, 3.05) is 32.7 Å².